The van der Waals surface area contributed by atoms with Gasteiger partial charge in [-0.25, -0.2) is 0 Å². The number of hydrogen-bond donors (Lipinski definition) is 1. The molecule has 4 aromatic carbocycles. The zero-order chi connectivity index (χ0) is 33.8. The molecule has 1 N–H and O–H groups in total. The highest BCUT2D eigenvalue weighted by atomic mass is 35.5. The van der Waals surface area contributed by atoms with E-state index in [2.05, 4.69) is 38.2 Å². The second kappa shape index (κ2) is 12.5. The summed E-state index contributed by atoms with van der Waals surface area (Å²) < 4.78 is 12.4. The molecule has 48 heavy (non-hydrogen) atoms. The molecule has 1 saturated heterocycles. The lowest BCUT2D eigenvalue weighted by Crippen LogP contribution is -2.51. The summed E-state index contributed by atoms with van der Waals surface area (Å²) in [5.74, 6) is 0.583. The lowest BCUT2D eigenvalue weighted by atomic mass is 9.82. The molecule has 7 nitrogen and oxygen atoms in total. The number of methoxy groups -OCH3 is 1. The molecular weight excluding hydrogens is 640 g/mol. The molecule has 3 heterocycles. The van der Waals surface area contributed by atoms with Gasteiger partial charge in [0.1, 0.15) is 5.75 Å². The second-order valence-electron chi connectivity index (χ2n) is 13.7. The van der Waals surface area contributed by atoms with Gasteiger partial charge in [0.15, 0.2) is 5.60 Å². The molecule has 248 valence electrons. The van der Waals surface area contributed by atoms with Crippen LogP contribution in [-0.2, 0) is 32.9 Å². The number of ether oxygens (including phenoxy) is 2. The Hall–Kier alpha value is -3.95. The number of hydrogen-bond acceptors (Lipinski definition) is 5. The van der Waals surface area contributed by atoms with E-state index >= 15 is 0 Å². The highest BCUT2D eigenvalue weighted by Gasteiger charge is 2.66. The van der Waals surface area contributed by atoms with Crippen molar-refractivity contribution in [3.8, 4) is 5.75 Å². The highest BCUT2D eigenvalue weighted by Crippen LogP contribution is 2.60. The van der Waals surface area contributed by atoms with Crippen molar-refractivity contribution in [1.82, 2.24) is 0 Å². The smallest absolute Gasteiger partial charge is 0.264 e. The fourth-order valence-electron chi connectivity index (χ4n) is 8.48. The van der Waals surface area contributed by atoms with Crippen molar-refractivity contribution >= 4 is 53.7 Å². The molecule has 1 fully saturated rings. The Morgan fingerprint density at radius 3 is 2.40 bits per heavy atom. The first-order chi connectivity index (χ1) is 23.1. The van der Waals surface area contributed by atoms with Crippen molar-refractivity contribution in [3.63, 3.8) is 0 Å². The van der Waals surface area contributed by atoms with Gasteiger partial charge >= 0.3 is 0 Å². The molecule has 1 spiro atoms. The van der Waals surface area contributed by atoms with E-state index in [1.165, 1.54) is 5.19 Å². The van der Waals surface area contributed by atoms with Gasteiger partial charge in [-0.1, -0.05) is 79.3 Å². The summed E-state index contributed by atoms with van der Waals surface area (Å²) in [5, 5.41) is 12.0. The molecule has 0 bridgehead atoms. The third-order valence-corrected chi connectivity index (χ3v) is 15.4. The number of aliphatic hydroxyl groups is 1. The number of aliphatic hydroxyl groups excluding tert-OH is 1. The van der Waals surface area contributed by atoms with E-state index in [1.807, 2.05) is 77.7 Å². The van der Waals surface area contributed by atoms with Crippen LogP contribution in [0.3, 0.4) is 0 Å². The lowest BCUT2D eigenvalue weighted by Gasteiger charge is -2.37. The largest absolute Gasteiger partial charge is 0.497 e. The number of carbonyl (C=O) groups is 2. The van der Waals surface area contributed by atoms with Crippen LogP contribution in [0.15, 0.2) is 91.0 Å². The normalized spacial score (nSPS) is 23.5. The van der Waals surface area contributed by atoms with Crippen molar-refractivity contribution < 1.29 is 24.2 Å². The second-order valence-corrected chi connectivity index (χ2v) is 18.9. The number of benzene rings is 4. The molecule has 4 atom stereocenters. The Morgan fingerprint density at radius 1 is 0.958 bits per heavy atom. The number of aryl methyl sites for hydroxylation is 1. The van der Waals surface area contributed by atoms with Crippen LogP contribution in [0.5, 0.6) is 5.75 Å². The van der Waals surface area contributed by atoms with Crippen molar-refractivity contribution in [1.29, 1.82) is 0 Å². The molecule has 0 aliphatic carbocycles. The molecule has 0 aromatic heterocycles. The predicted octanol–water partition coefficient (Wildman–Crippen LogP) is 7.10. The van der Waals surface area contributed by atoms with Crippen molar-refractivity contribution in [2.75, 3.05) is 23.5 Å². The van der Waals surface area contributed by atoms with Crippen LogP contribution < -0.4 is 19.7 Å². The predicted molar refractivity (Wildman–Crippen MR) is 192 cm³/mol. The number of rotatable bonds is 8. The molecule has 0 unspecified atom stereocenters. The molecule has 3 aliphatic heterocycles. The standard InChI is InChI=1S/C39H41ClN2O5Si/c1-25-37(48(3,4)31-17-15-30(46-2)16-18-31)35(21-22-43)47-39(25)32-23-28(40)12-19-34(32)41(38(39)45)24-26-9-13-29(14-10-26)42-33-8-6-5-7-27(33)11-20-36(42)44/h5-10,12-19,23,25,35,37,43H,11,20-22,24H2,1-4H3/t25-,35+,37-,39+/m1/s1. The monoisotopic (exact) mass is 680 g/mol. The van der Waals surface area contributed by atoms with Gasteiger partial charge in [0, 0.05) is 35.2 Å². The summed E-state index contributed by atoms with van der Waals surface area (Å²) in [6.07, 6.45) is 1.34. The molecule has 0 saturated carbocycles. The minimum absolute atomic E-state index is 0.0340. The van der Waals surface area contributed by atoms with E-state index in [9.17, 15) is 14.7 Å². The van der Waals surface area contributed by atoms with E-state index in [0.717, 1.165) is 45.9 Å². The fraction of sp³-hybridized carbons (Fsp3) is 0.333. The van der Waals surface area contributed by atoms with Crippen LogP contribution in [0.4, 0.5) is 17.1 Å². The van der Waals surface area contributed by atoms with Crippen molar-refractivity contribution in [3.05, 3.63) is 113 Å². The highest BCUT2D eigenvalue weighted by molar-refractivity contribution is 6.91. The van der Waals surface area contributed by atoms with E-state index in [-0.39, 0.29) is 36.0 Å². The van der Waals surface area contributed by atoms with Crippen molar-refractivity contribution in [2.24, 2.45) is 5.92 Å². The van der Waals surface area contributed by atoms with E-state index in [1.54, 1.807) is 12.0 Å². The van der Waals surface area contributed by atoms with Crippen LogP contribution >= 0.6 is 11.6 Å². The average molecular weight is 681 g/mol. The summed E-state index contributed by atoms with van der Waals surface area (Å²) in [6.45, 7) is 7.09. The van der Waals surface area contributed by atoms with Crippen LogP contribution in [0.1, 0.15) is 36.5 Å². The Kier molecular flexibility index (Phi) is 8.48. The Balaban J connectivity index is 1.23. The molecule has 0 radical (unpaired) electrons. The van der Waals surface area contributed by atoms with E-state index < -0.39 is 13.7 Å². The zero-order valence-corrected chi connectivity index (χ0v) is 29.5. The SMILES string of the molecule is COc1ccc([Si](C)(C)[C@H]2[C@H](CCO)O[C@@]3(C(=O)N(Cc4ccc(N5C(=O)CCc6ccccc65)cc4)c4ccc(Cl)cc43)[C@@H]2C)cc1. The third-order valence-electron chi connectivity index (χ3n) is 10.8. The Morgan fingerprint density at radius 2 is 1.69 bits per heavy atom. The zero-order valence-electron chi connectivity index (χ0n) is 27.8. The quantitative estimate of drug-likeness (QED) is 0.201. The van der Waals surface area contributed by atoms with E-state index in [0.29, 0.717) is 24.4 Å². The van der Waals surface area contributed by atoms with Crippen molar-refractivity contribution in [2.45, 2.75) is 63.1 Å². The Bertz CT molecular complexity index is 1860. The number of anilines is 3. The maximum atomic E-state index is 14.9. The van der Waals surface area contributed by atoms with Crippen LogP contribution in [0.25, 0.3) is 0 Å². The first-order valence-electron chi connectivity index (χ1n) is 16.6. The summed E-state index contributed by atoms with van der Waals surface area (Å²) in [7, 11) is -0.620. The minimum atomic E-state index is -2.28. The first kappa shape index (κ1) is 32.6. The number of fused-ring (bicyclic) bond motifs is 3. The minimum Gasteiger partial charge on any atom is -0.497 e. The topological polar surface area (TPSA) is 79.3 Å². The summed E-state index contributed by atoms with van der Waals surface area (Å²) in [6, 6.07) is 29.8. The molecule has 4 aromatic rings. The lowest BCUT2D eigenvalue weighted by molar-refractivity contribution is -0.146. The van der Waals surface area contributed by atoms with Gasteiger partial charge in [0.05, 0.1) is 39.2 Å². The van der Waals surface area contributed by atoms with Gasteiger partial charge in [-0.15, -0.1) is 0 Å². The Labute approximate surface area is 288 Å². The van der Waals surface area contributed by atoms with E-state index in [4.69, 9.17) is 21.1 Å². The number of halogens is 1. The summed E-state index contributed by atoms with van der Waals surface area (Å²) >= 11 is 6.61. The molecule has 3 aliphatic rings. The van der Waals surface area contributed by atoms with Gasteiger partial charge < -0.3 is 19.5 Å². The number of amides is 2. The number of para-hydroxylation sites is 1. The summed E-state index contributed by atoms with van der Waals surface area (Å²) in [5.41, 5.74) is 4.20. The van der Waals surface area contributed by atoms with Crippen LogP contribution in [-0.4, -0.2) is 44.8 Å². The average Bonchev–Trinajstić information content (AvgIpc) is 3.51. The molecule has 2 amide bonds. The van der Waals surface area contributed by atoms with Gasteiger partial charge in [-0.05, 0) is 78.0 Å². The van der Waals surface area contributed by atoms with Gasteiger partial charge in [0.2, 0.25) is 5.91 Å². The maximum absolute atomic E-state index is 14.9. The number of nitrogens with zero attached hydrogens (tertiary/aromatic N) is 2. The molecule has 7 rings (SSSR count). The fourth-order valence-corrected chi connectivity index (χ4v) is 12.7. The third kappa shape index (κ3) is 5.17. The van der Waals surface area contributed by atoms with Crippen LogP contribution in [0, 0.1) is 5.92 Å². The first-order valence-corrected chi connectivity index (χ1v) is 20.1. The maximum Gasteiger partial charge on any atom is 0.264 e. The van der Waals surface area contributed by atoms with Gasteiger partial charge in [-0.3, -0.25) is 14.5 Å². The number of carbonyl (C=O) groups excluding carboxylic acids is 2. The molecule has 9 heteroatoms. The van der Waals surface area contributed by atoms with Gasteiger partial charge in [-0.2, -0.15) is 0 Å². The van der Waals surface area contributed by atoms with Gasteiger partial charge in [0.25, 0.3) is 5.91 Å². The van der Waals surface area contributed by atoms with Crippen LogP contribution in [0.2, 0.25) is 23.7 Å². The molecular formula is C39H41ClN2O5Si. The summed E-state index contributed by atoms with van der Waals surface area (Å²) in [4.78, 5) is 31.5.